The molecular formula is C15H14Cl2O. The summed E-state index contributed by atoms with van der Waals surface area (Å²) in [6.07, 6.45) is 0.803. The molecule has 1 atom stereocenters. The van der Waals surface area contributed by atoms with E-state index in [1.807, 2.05) is 48.5 Å². The van der Waals surface area contributed by atoms with Crippen LogP contribution in [0.25, 0.3) is 0 Å². The summed E-state index contributed by atoms with van der Waals surface area (Å²) < 4.78 is 0. The van der Waals surface area contributed by atoms with Gasteiger partial charge in [0.1, 0.15) is 0 Å². The van der Waals surface area contributed by atoms with E-state index in [9.17, 15) is 5.11 Å². The maximum Gasteiger partial charge on any atom is 0.0620 e. The lowest BCUT2D eigenvalue weighted by Gasteiger charge is -2.11. The highest BCUT2D eigenvalue weighted by atomic mass is 35.5. The van der Waals surface area contributed by atoms with Crippen molar-refractivity contribution >= 4 is 23.2 Å². The second-order valence-electron chi connectivity index (χ2n) is 4.32. The number of rotatable bonds is 4. The van der Waals surface area contributed by atoms with Crippen LogP contribution in [0.3, 0.4) is 0 Å². The number of aliphatic hydroxyl groups excluding tert-OH is 1. The van der Waals surface area contributed by atoms with Crippen molar-refractivity contribution in [2.24, 2.45) is 0 Å². The highest BCUT2D eigenvalue weighted by molar-refractivity contribution is 6.30. The van der Waals surface area contributed by atoms with Crippen LogP contribution in [0.15, 0.2) is 48.5 Å². The third-order valence-electron chi connectivity index (χ3n) is 2.74. The van der Waals surface area contributed by atoms with Gasteiger partial charge in [0.2, 0.25) is 0 Å². The summed E-state index contributed by atoms with van der Waals surface area (Å²) in [7, 11) is 0. The number of halogens is 2. The first-order valence-electron chi connectivity index (χ1n) is 5.80. The Morgan fingerprint density at radius 1 is 0.833 bits per heavy atom. The monoisotopic (exact) mass is 280 g/mol. The predicted octanol–water partition coefficient (Wildman–Crippen LogP) is 4.14. The molecule has 0 saturated carbocycles. The van der Waals surface area contributed by atoms with Crippen molar-refractivity contribution in [1.29, 1.82) is 0 Å². The van der Waals surface area contributed by atoms with Gasteiger partial charge in [0.05, 0.1) is 6.10 Å². The van der Waals surface area contributed by atoms with E-state index in [0.29, 0.717) is 22.9 Å². The molecule has 3 heteroatoms. The summed E-state index contributed by atoms with van der Waals surface area (Å²) in [5.41, 5.74) is 2.12. The largest absolute Gasteiger partial charge is 0.392 e. The Morgan fingerprint density at radius 2 is 1.50 bits per heavy atom. The SMILES string of the molecule is OC(Cc1ccc(Cl)cc1)Cc1cccc(Cl)c1. The molecule has 0 aliphatic carbocycles. The lowest BCUT2D eigenvalue weighted by molar-refractivity contribution is 0.175. The van der Waals surface area contributed by atoms with Crippen molar-refractivity contribution < 1.29 is 5.11 Å². The summed E-state index contributed by atoms with van der Waals surface area (Å²) >= 11 is 11.7. The fourth-order valence-corrected chi connectivity index (χ4v) is 2.24. The highest BCUT2D eigenvalue weighted by Crippen LogP contribution is 2.15. The van der Waals surface area contributed by atoms with Gasteiger partial charge >= 0.3 is 0 Å². The van der Waals surface area contributed by atoms with Gasteiger partial charge < -0.3 is 5.11 Å². The maximum absolute atomic E-state index is 10.0. The molecule has 2 rings (SSSR count). The zero-order valence-electron chi connectivity index (χ0n) is 9.81. The third-order valence-corrected chi connectivity index (χ3v) is 3.23. The van der Waals surface area contributed by atoms with Gasteiger partial charge in [-0.2, -0.15) is 0 Å². The fourth-order valence-electron chi connectivity index (χ4n) is 1.90. The van der Waals surface area contributed by atoms with Crippen molar-refractivity contribution in [1.82, 2.24) is 0 Å². The molecule has 0 amide bonds. The molecule has 18 heavy (non-hydrogen) atoms. The van der Waals surface area contributed by atoms with Gasteiger partial charge in [-0.25, -0.2) is 0 Å². The highest BCUT2D eigenvalue weighted by Gasteiger charge is 2.07. The van der Waals surface area contributed by atoms with Crippen molar-refractivity contribution in [3.8, 4) is 0 Å². The number of aliphatic hydroxyl groups is 1. The molecule has 0 bridgehead atoms. The quantitative estimate of drug-likeness (QED) is 0.893. The van der Waals surface area contributed by atoms with E-state index in [1.165, 1.54) is 0 Å². The Hall–Kier alpha value is -1.02. The van der Waals surface area contributed by atoms with Gasteiger partial charge in [-0.3, -0.25) is 0 Å². The van der Waals surface area contributed by atoms with Crippen LogP contribution < -0.4 is 0 Å². The molecular weight excluding hydrogens is 267 g/mol. The molecule has 0 aliphatic heterocycles. The van der Waals surface area contributed by atoms with Crippen LogP contribution in [0.4, 0.5) is 0 Å². The van der Waals surface area contributed by atoms with E-state index in [4.69, 9.17) is 23.2 Å². The van der Waals surface area contributed by atoms with Gasteiger partial charge in [0.15, 0.2) is 0 Å². The van der Waals surface area contributed by atoms with Crippen molar-refractivity contribution in [3.05, 3.63) is 69.7 Å². The topological polar surface area (TPSA) is 20.2 Å². The lowest BCUT2D eigenvalue weighted by atomic mass is 10.0. The molecule has 0 aromatic heterocycles. The van der Waals surface area contributed by atoms with E-state index < -0.39 is 6.10 Å². The van der Waals surface area contributed by atoms with Crippen LogP contribution in [0, 0.1) is 0 Å². The van der Waals surface area contributed by atoms with E-state index in [1.54, 1.807) is 0 Å². The standard InChI is InChI=1S/C15H14Cl2O/c16-13-6-4-11(5-7-13)9-15(18)10-12-2-1-3-14(17)8-12/h1-8,15,18H,9-10H2. The van der Waals surface area contributed by atoms with Crippen LogP contribution in [-0.4, -0.2) is 11.2 Å². The summed E-state index contributed by atoms with van der Waals surface area (Å²) in [5, 5.41) is 11.5. The molecule has 94 valence electrons. The van der Waals surface area contributed by atoms with Crippen LogP contribution in [0.1, 0.15) is 11.1 Å². The van der Waals surface area contributed by atoms with Crippen LogP contribution >= 0.6 is 23.2 Å². The molecule has 0 aliphatic rings. The molecule has 1 nitrogen and oxygen atoms in total. The van der Waals surface area contributed by atoms with E-state index >= 15 is 0 Å². The second-order valence-corrected chi connectivity index (χ2v) is 5.19. The lowest BCUT2D eigenvalue weighted by Crippen LogP contribution is -2.13. The van der Waals surface area contributed by atoms with Gasteiger partial charge in [-0.1, -0.05) is 47.5 Å². The normalized spacial score (nSPS) is 12.4. The summed E-state index contributed by atoms with van der Waals surface area (Å²) in [5.74, 6) is 0. The van der Waals surface area contributed by atoms with Crippen molar-refractivity contribution in [3.63, 3.8) is 0 Å². The molecule has 2 aromatic rings. The molecule has 0 radical (unpaired) electrons. The molecule has 1 unspecified atom stereocenters. The maximum atomic E-state index is 10.0. The average Bonchev–Trinajstić information content (AvgIpc) is 2.32. The van der Waals surface area contributed by atoms with Gasteiger partial charge in [0, 0.05) is 10.0 Å². The second kappa shape index (κ2) is 6.24. The average molecular weight is 281 g/mol. The first kappa shape index (κ1) is 13.4. The van der Waals surface area contributed by atoms with Gasteiger partial charge in [0.25, 0.3) is 0 Å². The summed E-state index contributed by atoms with van der Waals surface area (Å²) in [6, 6.07) is 15.1. The van der Waals surface area contributed by atoms with E-state index in [0.717, 1.165) is 11.1 Å². The minimum absolute atomic E-state index is 0.412. The zero-order valence-corrected chi connectivity index (χ0v) is 11.3. The van der Waals surface area contributed by atoms with Crippen molar-refractivity contribution in [2.75, 3.05) is 0 Å². The molecule has 0 fully saturated rings. The Balaban J connectivity index is 1.96. The fraction of sp³-hybridized carbons (Fsp3) is 0.200. The van der Waals surface area contributed by atoms with Gasteiger partial charge in [-0.05, 0) is 48.2 Å². The molecule has 2 aromatic carbocycles. The van der Waals surface area contributed by atoms with Crippen LogP contribution in [0.2, 0.25) is 10.0 Å². The van der Waals surface area contributed by atoms with Crippen molar-refractivity contribution in [2.45, 2.75) is 18.9 Å². The minimum atomic E-state index is -0.412. The van der Waals surface area contributed by atoms with E-state index in [-0.39, 0.29) is 0 Å². The van der Waals surface area contributed by atoms with Crippen LogP contribution in [-0.2, 0) is 12.8 Å². The Morgan fingerprint density at radius 3 is 2.17 bits per heavy atom. The predicted molar refractivity (Wildman–Crippen MR) is 76.3 cm³/mol. The summed E-state index contributed by atoms with van der Waals surface area (Å²) in [6.45, 7) is 0. The number of hydrogen-bond donors (Lipinski definition) is 1. The molecule has 1 N–H and O–H groups in total. The Bertz CT molecular complexity index is 508. The summed E-state index contributed by atoms with van der Waals surface area (Å²) in [4.78, 5) is 0. The molecule has 0 heterocycles. The first-order valence-corrected chi connectivity index (χ1v) is 6.56. The van der Waals surface area contributed by atoms with Crippen LogP contribution in [0.5, 0.6) is 0 Å². The third kappa shape index (κ3) is 4.02. The molecule has 0 saturated heterocycles. The first-order chi connectivity index (χ1) is 8.63. The zero-order chi connectivity index (χ0) is 13.0. The smallest absolute Gasteiger partial charge is 0.0620 e. The Labute approximate surface area is 117 Å². The Kier molecular flexibility index (Phi) is 4.65. The van der Waals surface area contributed by atoms with E-state index in [2.05, 4.69) is 0 Å². The number of benzene rings is 2. The number of hydrogen-bond acceptors (Lipinski definition) is 1. The molecule has 0 spiro atoms. The van der Waals surface area contributed by atoms with Gasteiger partial charge in [-0.15, -0.1) is 0 Å². The minimum Gasteiger partial charge on any atom is -0.392 e.